The first-order chi connectivity index (χ1) is 8.34. The fourth-order valence-corrected chi connectivity index (χ4v) is 1.91. The Morgan fingerprint density at radius 3 is 2.50 bits per heavy atom. The molecule has 0 radical (unpaired) electrons. The number of hydrogen-bond acceptors (Lipinski definition) is 4. The molecule has 1 aliphatic rings. The van der Waals surface area contributed by atoms with E-state index in [1.54, 1.807) is 0 Å². The molecule has 0 bridgehead atoms. The number of carboxylic acids is 1. The summed E-state index contributed by atoms with van der Waals surface area (Å²) >= 11 is 0. The van der Waals surface area contributed by atoms with Crippen LogP contribution in [0.25, 0.3) is 0 Å². The molecule has 0 spiro atoms. The van der Waals surface area contributed by atoms with Crippen LogP contribution >= 0.6 is 0 Å². The molecule has 0 aromatic carbocycles. The van der Waals surface area contributed by atoms with Crippen LogP contribution in [0.1, 0.15) is 45.4 Å². The topological polar surface area (TPSA) is 89.6 Å². The summed E-state index contributed by atoms with van der Waals surface area (Å²) in [5.74, 6) is -2.58. The molecule has 1 unspecified atom stereocenters. The molecule has 0 aromatic heterocycles. The molecule has 1 fully saturated rings. The molecular formula is C12H20FNO4. The van der Waals surface area contributed by atoms with Gasteiger partial charge in [0.05, 0.1) is 6.61 Å². The Kier molecular flexibility index (Phi) is 4.67. The van der Waals surface area contributed by atoms with E-state index < -0.39 is 29.6 Å². The standard InChI is InChI=1S/C12H20FNO4/c1-2-3-7-18-10(17)12(14,9(15)16)8-11(13)5-4-6-11/h2-8,14H2,1H3,(H,15,16). The summed E-state index contributed by atoms with van der Waals surface area (Å²) in [4.78, 5) is 22.8. The Balaban J connectivity index is 2.67. The molecule has 0 amide bonds. The summed E-state index contributed by atoms with van der Waals surface area (Å²) in [6, 6.07) is 0. The van der Waals surface area contributed by atoms with Gasteiger partial charge in [0.2, 0.25) is 5.54 Å². The molecule has 0 aliphatic heterocycles. The largest absolute Gasteiger partial charge is 0.479 e. The summed E-state index contributed by atoms with van der Waals surface area (Å²) in [5, 5.41) is 9.05. The maximum Gasteiger partial charge on any atom is 0.337 e. The van der Waals surface area contributed by atoms with Gasteiger partial charge in [-0.25, -0.2) is 14.0 Å². The van der Waals surface area contributed by atoms with Gasteiger partial charge < -0.3 is 15.6 Å². The molecule has 3 N–H and O–H groups in total. The number of ether oxygens (including phenoxy) is 1. The van der Waals surface area contributed by atoms with Gasteiger partial charge in [0.15, 0.2) is 0 Å². The number of carboxylic acid groups (broad SMARTS) is 1. The number of hydrogen-bond donors (Lipinski definition) is 2. The second kappa shape index (κ2) is 5.65. The van der Waals surface area contributed by atoms with E-state index in [9.17, 15) is 14.0 Å². The second-order valence-electron chi connectivity index (χ2n) is 4.95. The third kappa shape index (κ3) is 3.19. The van der Waals surface area contributed by atoms with Crippen LogP contribution in [0.3, 0.4) is 0 Å². The van der Waals surface area contributed by atoms with Crippen LogP contribution in [-0.2, 0) is 14.3 Å². The van der Waals surface area contributed by atoms with Crippen molar-refractivity contribution in [1.82, 2.24) is 0 Å². The van der Waals surface area contributed by atoms with E-state index >= 15 is 0 Å². The van der Waals surface area contributed by atoms with Crippen molar-refractivity contribution in [3.05, 3.63) is 0 Å². The van der Waals surface area contributed by atoms with Crippen LogP contribution in [0.15, 0.2) is 0 Å². The van der Waals surface area contributed by atoms with E-state index in [2.05, 4.69) is 0 Å². The van der Waals surface area contributed by atoms with Crippen LogP contribution in [0.2, 0.25) is 0 Å². The average molecular weight is 261 g/mol. The van der Waals surface area contributed by atoms with Gasteiger partial charge >= 0.3 is 11.9 Å². The van der Waals surface area contributed by atoms with Crippen molar-refractivity contribution in [1.29, 1.82) is 0 Å². The highest BCUT2D eigenvalue weighted by Gasteiger charge is 2.53. The normalized spacial score (nSPS) is 20.6. The van der Waals surface area contributed by atoms with Crippen LogP contribution < -0.4 is 5.73 Å². The first-order valence-corrected chi connectivity index (χ1v) is 6.22. The summed E-state index contributed by atoms with van der Waals surface area (Å²) < 4.78 is 18.8. The van der Waals surface area contributed by atoms with E-state index in [1.807, 2.05) is 6.92 Å². The maximum atomic E-state index is 14.0. The molecule has 5 nitrogen and oxygen atoms in total. The van der Waals surface area contributed by atoms with Crippen molar-refractivity contribution in [2.24, 2.45) is 5.73 Å². The number of rotatable bonds is 7. The number of nitrogens with two attached hydrogens (primary N) is 1. The molecule has 0 heterocycles. The zero-order chi connectivity index (χ0) is 13.8. The SMILES string of the molecule is CCCCOC(=O)C(N)(CC1(F)CCC1)C(=O)O. The molecule has 104 valence electrons. The van der Waals surface area contributed by atoms with Crippen molar-refractivity contribution in [3.8, 4) is 0 Å². The predicted octanol–water partition coefficient (Wildman–Crippen LogP) is 1.39. The Morgan fingerprint density at radius 1 is 1.50 bits per heavy atom. The molecule has 0 aromatic rings. The third-order valence-corrected chi connectivity index (χ3v) is 3.32. The summed E-state index contributed by atoms with van der Waals surface area (Å²) in [6.45, 7) is 2.02. The zero-order valence-electron chi connectivity index (χ0n) is 10.6. The lowest BCUT2D eigenvalue weighted by Gasteiger charge is -2.38. The Hall–Kier alpha value is -1.17. The minimum absolute atomic E-state index is 0.112. The van der Waals surface area contributed by atoms with Crippen molar-refractivity contribution >= 4 is 11.9 Å². The van der Waals surface area contributed by atoms with Crippen molar-refractivity contribution in [2.75, 3.05) is 6.61 Å². The number of halogens is 1. The Bertz CT molecular complexity index is 330. The van der Waals surface area contributed by atoms with Gasteiger partial charge in [0, 0.05) is 6.42 Å². The van der Waals surface area contributed by atoms with E-state index in [4.69, 9.17) is 15.6 Å². The van der Waals surface area contributed by atoms with E-state index in [1.165, 1.54) is 0 Å². The lowest BCUT2D eigenvalue weighted by atomic mass is 9.73. The fourth-order valence-electron chi connectivity index (χ4n) is 1.91. The Morgan fingerprint density at radius 2 is 2.11 bits per heavy atom. The highest BCUT2D eigenvalue weighted by molar-refractivity contribution is 6.03. The summed E-state index contributed by atoms with van der Waals surface area (Å²) in [5.41, 5.74) is 1.63. The van der Waals surface area contributed by atoms with Crippen LogP contribution in [0.4, 0.5) is 4.39 Å². The van der Waals surface area contributed by atoms with Gasteiger partial charge in [0.25, 0.3) is 0 Å². The first kappa shape index (κ1) is 14.9. The minimum atomic E-state index is -2.27. The van der Waals surface area contributed by atoms with Gasteiger partial charge in [-0.05, 0) is 25.7 Å². The molecular weight excluding hydrogens is 241 g/mol. The number of aliphatic carboxylic acids is 1. The lowest BCUT2D eigenvalue weighted by Crippen LogP contribution is -2.60. The van der Waals surface area contributed by atoms with E-state index in [0.29, 0.717) is 12.8 Å². The van der Waals surface area contributed by atoms with Crippen molar-refractivity contribution < 1.29 is 23.8 Å². The molecule has 1 rings (SSSR count). The van der Waals surface area contributed by atoms with Gasteiger partial charge in [-0.2, -0.15) is 0 Å². The van der Waals surface area contributed by atoms with Crippen molar-refractivity contribution in [3.63, 3.8) is 0 Å². The monoisotopic (exact) mass is 261 g/mol. The van der Waals surface area contributed by atoms with Gasteiger partial charge in [-0.15, -0.1) is 0 Å². The Labute approximate surface area is 105 Å². The predicted molar refractivity (Wildman–Crippen MR) is 62.7 cm³/mol. The van der Waals surface area contributed by atoms with Gasteiger partial charge in [-0.3, -0.25) is 0 Å². The smallest absolute Gasteiger partial charge is 0.337 e. The average Bonchev–Trinajstić information content (AvgIpc) is 2.26. The van der Waals surface area contributed by atoms with Crippen molar-refractivity contribution in [2.45, 2.75) is 56.7 Å². The summed E-state index contributed by atoms with van der Waals surface area (Å²) in [6.07, 6.45) is 2.12. The second-order valence-corrected chi connectivity index (χ2v) is 4.95. The molecule has 1 atom stereocenters. The molecule has 6 heteroatoms. The van der Waals surface area contributed by atoms with Crippen LogP contribution in [0, 0.1) is 0 Å². The number of esters is 1. The number of carbonyl (C=O) groups is 2. The lowest BCUT2D eigenvalue weighted by molar-refractivity contribution is -0.164. The van der Waals surface area contributed by atoms with E-state index in [-0.39, 0.29) is 19.4 Å². The van der Waals surface area contributed by atoms with E-state index in [0.717, 1.165) is 6.42 Å². The highest BCUT2D eigenvalue weighted by atomic mass is 19.1. The number of carbonyl (C=O) groups excluding carboxylic acids is 1. The molecule has 1 aliphatic carbocycles. The van der Waals surface area contributed by atoms with Gasteiger partial charge in [0.1, 0.15) is 5.67 Å². The highest BCUT2D eigenvalue weighted by Crippen LogP contribution is 2.41. The molecule has 1 saturated carbocycles. The van der Waals surface area contributed by atoms with Crippen LogP contribution in [-0.4, -0.2) is 34.9 Å². The summed E-state index contributed by atoms with van der Waals surface area (Å²) in [7, 11) is 0. The number of alkyl halides is 1. The van der Waals surface area contributed by atoms with Crippen LogP contribution in [0.5, 0.6) is 0 Å². The quantitative estimate of drug-likeness (QED) is 0.410. The fraction of sp³-hybridized carbons (Fsp3) is 0.833. The number of unbranched alkanes of at least 4 members (excludes halogenated alkanes) is 1. The zero-order valence-corrected chi connectivity index (χ0v) is 10.6. The maximum absolute atomic E-state index is 14.0. The first-order valence-electron chi connectivity index (χ1n) is 6.22. The van der Waals surface area contributed by atoms with Gasteiger partial charge in [-0.1, -0.05) is 13.3 Å². The molecule has 18 heavy (non-hydrogen) atoms. The third-order valence-electron chi connectivity index (χ3n) is 3.32. The molecule has 0 saturated heterocycles. The minimum Gasteiger partial charge on any atom is -0.479 e.